The number of benzene rings is 1. The van der Waals surface area contributed by atoms with Crippen LogP contribution in [0.1, 0.15) is 22.3 Å². The summed E-state index contributed by atoms with van der Waals surface area (Å²) in [7, 11) is 0. The summed E-state index contributed by atoms with van der Waals surface area (Å²) in [6.45, 7) is 6.92. The topological polar surface area (TPSA) is 52.5 Å². The number of aliphatic hydroxyl groups is 2. The smallest absolute Gasteiger partial charge is 0.0607 e. The molecule has 0 heterocycles. The summed E-state index contributed by atoms with van der Waals surface area (Å²) in [4.78, 5) is 0. The summed E-state index contributed by atoms with van der Waals surface area (Å²) in [6, 6.07) is 3.96. The van der Waals surface area contributed by atoms with Gasteiger partial charge in [-0.2, -0.15) is 0 Å². The third kappa shape index (κ3) is 3.04. The van der Waals surface area contributed by atoms with E-state index in [1.165, 1.54) is 22.3 Å². The van der Waals surface area contributed by atoms with Gasteiger partial charge in [0.1, 0.15) is 0 Å². The highest BCUT2D eigenvalue weighted by atomic mass is 16.3. The van der Waals surface area contributed by atoms with Gasteiger partial charge in [0.25, 0.3) is 0 Å². The molecule has 90 valence electrons. The van der Waals surface area contributed by atoms with Crippen LogP contribution in [0.15, 0.2) is 12.1 Å². The molecule has 0 aliphatic carbocycles. The van der Waals surface area contributed by atoms with Crippen molar-refractivity contribution in [3.8, 4) is 0 Å². The summed E-state index contributed by atoms with van der Waals surface area (Å²) in [5, 5.41) is 21.0. The van der Waals surface area contributed by atoms with Gasteiger partial charge in [-0.1, -0.05) is 12.1 Å². The van der Waals surface area contributed by atoms with Crippen molar-refractivity contribution in [1.29, 1.82) is 0 Å². The van der Waals surface area contributed by atoms with Crippen LogP contribution in [0.2, 0.25) is 0 Å². The van der Waals surface area contributed by atoms with Crippen LogP contribution in [0, 0.1) is 20.8 Å². The lowest BCUT2D eigenvalue weighted by Crippen LogP contribution is -2.35. The minimum atomic E-state index is -0.235. The molecule has 0 fully saturated rings. The average molecular weight is 223 g/mol. The van der Waals surface area contributed by atoms with Gasteiger partial charge in [-0.05, 0) is 43.0 Å². The van der Waals surface area contributed by atoms with E-state index < -0.39 is 0 Å². The van der Waals surface area contributed by atoms with E-state index in [1.54, 1.807) is 0 Å². The molecule has 0 bridgehead atoms. The molecule has 0 atom stereocenters. The zero-order chi connectivity index (χ0) is 12.1. The van der Waals surface area contributed by atoms with Gasteiger partial charge < -0.3 is 15.5 Å². The first kappa shape index (κ1) is 13.2. The number of aliphatic hydroxyl groups excluding tert-OH is 2. The standard InChI is InChI=1S/C13H21NO2/c1-9-4-5-12(11(3)10(9)2)6-14-13(7-15)8-16/h4-5,13-16H,6-8H2,1-3H3. The lowest BCUT2D eigenvalue weighted by molar-refractivity contribution is 0.170. The molecule has 3 heteroatoms. The number of nitrogens with one attached hydrogen (secondary N) is 1. The van der Waals surface area contributed by atoms with E-state index in [1.807, 2.05) is 0 Å². The summed E-state index contributed by atoms with van der Waals surface area (Å²) in [6.07, 6.45) is 0. The summed E-state index contributed by atoms with van der Waals surface area (Å²) in [5.74, 6) is 0. The Bertz CT molecular complexity index is 346. The number of hydrogen-bond acceptors (Lipinski definition) is 3. The van der Waals surface area contributed by atoms with Crippen LogP contribution >= 0.6 is 0 Å². The van der Waals surface area contributed by atoms with E-state index in [0.717, 1.165) is 0 Å². The Morgan fingerprint density at radius 2 is 1.69 bits per heavy atom. The highest BCUT2D eigenvalue weighted by Gasteiger charge is 2.07. The molecule has 0 saturated heterocycles. The van der Waals surface area contributed by atoms with Crippen LogP contribution in [0.5, 0.6) is 0 Å². The molecular weight excluding hydrogens is 202 g/mol. The fraction of sp³-hybridized carbons (Fsp3) is 0.538. The molecule has 3 N–H and O–H groups in total. The van der Waals surface area contributed by atoms with Crippen molar-refractivity contribution in [3.63, 3.8) is 0 Å². The Hall–Kier alpha value is -0.900. The molecule has 16 heavy (non-hydrogen) atoms. The second-order valence-corrected chi connectivity index (χ2v) is 4.23. The van der Waals surface area contributed by atoms with Crippen LogP contribution in [0.25, 0.3) is 0 Å². The Kier molecular flexibility index (Phi) is 4.93. The molecule has 0 radical (unpaired) electrons. The van der Waals surface area contributed by atoms with Gasteiger partial charge in [-0.15, -0.1) is 0 Å². The van der Waals surface area contributed by atoms with Gasteiger partial charge >= 0.3 is 0 Å². The zero-order valence-electron chi connectivity index (χ0n) is 10.2. The third-order valence-electron chi connectivity index (χ3n) is 3.19. The zero-order valence-corrected chi connectivity index (χ0v) is 10.2. The fourth-order valence-electron chi connectivity index (χ4n) is 1.64. The van der Waals surface area contributed by atoms with E-state index in [2.05, 4.69) is 38.2 Å². The van der Waals surface area contributed by atoms with Gasteiger partial charge in [0.2, 0.25) is 0 Å². The maximum Gasteiger partial charge on any atom is 0.0607 e. The monoisotopic (exact) mass is 223 g/mol. The van der Waals surface area contributed by atoms with E-state index in [4.69, 9.17) is 10.2 Å². The minimum Gasteiger partial charge on any atom is -0.395 e. The first-order chi connectivity index (χ1) is 7.60. The largest absolute Gasteiger partial charge is 0.395 e. The lowest BCUT2D eigenvalue weighted by atomic mass is 9.99. The molecule has 1 aromatic rings. The predicted molar refractivity (Wildman–Crippen MR) is 65.5 cm³/mol. The lowest BCUT2D eigenvalue weighted by Gasteiger charge is -2.16. The molecular formula is C13H21NO2. The fourth-order valence-corrected chi connectivity index (χ4v) is 1.64. The van der Waals surface area contributed by atoms with Crippen LogP contribution in [0.4, 0.5) is 0 Å². The summed E-state index contributed by atoms with van der Waals surface area (Å²) >= 11 is 0. The van der Waals surface area contributed by atoms with Gasteiger partial charge in [0, 0.05) is 6.54 Å². The Balaban J connectivity index is 2.71. The molecule has 3 nitrogen and oxygen atoms in total. The second-order valence-electron chi connectivity index (χ2n) is 4.23. The molecule has 0 spiro atoms. The number of rotatable bonds is 5. The Morgan fingerprint density at radius 1 is 1.06 bits per heavy atom. The Labute approximate surface area is 97.1 Å². The molecule has 0 aliphatic rings. The average Bonchev–Trinajstić information content (AvgIpc) is 2.30. The quantitative estimate of drug-likeness (QED) is 0.699. The first-order valence-electron chi connectivity index (χ1n) is 5.61. The molecule has 0 aromatic heterocycles. The van der Waals surface area contributed by atoms with Gasteiger partial charge in [-0.25, -0.2) is 0 Å². The summed E-state index contributed by atoms with van der Waals surface area (Å²) < 4.78 is 0. The van der Waals surface area contributed by atoms with Crippen LogP contribution in [-0.4, -0.2) is 29.5 Å². The second kappa shape index (κ2) is 5.99. The molecule has 1 aromatic carbocycles. The van der Waals surface area contributed by atoms with Crippen LogP contribution in [0.3, 0.4) is 0 Å². The van der Waals surface area contributed by atoms with Crippen molar-refractivity contribution < 1.29 is 10.2 Å². The molecule has 1 rings (SSSR count). The van der Waals surface area contributed by atoms with Gasteiger partial charge in [0.15, 0.2) is 0 Å². The van der Waals surface area contributed by atoms with Crippen molar-refractivity contribution in [1.82, 2.24) is 5.32 Å². The number of hydrogen-bond donors (Lipinski definition) is 3. The normalized spacial score (nSPS) is 11.1. The Morgan fingerprint density at radius 3 is 2.25 bits per heavy atom. The highest BCUT2D eigenvalue weighted by Crippen LogP contribution is 2.16. The number of aryl methyl sites for hydroxylation is 1. The van der Waals surface area contributed by atoms with Crippen molar-refractivity contribution in [2.45, 2.75) is 33.4 Å². The molecule has 0 amide bonds. The van der Waals surface area contributed by atoms with Crippen molar-refractivity contribution in [3.05, 3.63) is 34.4 Å². The highest BCUT2D eigenvalue weighted by molar-refractivity contribution is 5.38. The first-order valence-corrected chi connectivity index (χ1v) is 5.61. The minimum absolute atomic E-state index is 0.0413. The van der Waals surface area contributed by atoms with Crippen LogP contribution < -0.4 is 5.32 Å². The molecule has 0 aliphatic heterocycles. The van der Waals surface area contributed by atoms with E-state index >= 15 is 0 Å². The molecule has 0 saturated carbocycles. The van der Waals surface area contributed by atoms with Crippen molar-refractivity contribution in [2.75, 3.05) is 13.2 Å². The SMILES string of the molecule is Cc1ccc(CNC(CO)CO)c(C)c1C. The van der Waals surface area contributed by atoms with Crippen molar-refractivity contribution in [2.24, 2.45) is 0 Å². The maximum atomic E-state index is 8.95. The van der Waals surface area contributed by atoms with Crippen molar-refractivity contribution >= 4 is 0 Å². The maximum absolute atomic E-state index is 8.95. The predicted octanol–water partition coefficient (Wildman–Crippen LogP) is 1.05. The van der Waals surface area contributed by atoms with E-state index in [9.17, 15) is 0 Å². The van der Waals surface area contributed by atoms with Gasteiger partial charge in [-0.3, -0.25) is 0 Å². The summed E-state index contributed by atoms with van der Waals surface area (Å²) in [5.41, 5.74) is 5.10. The van der Waals surface area contributed by atoms with Gasteiger partial charge in [0.05, 0.1) is 19.3 Å². The third-order valence-corrected chi connectivity index (χ3v) is 3.19. The van der Waals surface area contributed by atoms with Crippen LogP contribution in [-0.2, 0) is 6.54 Å². The van der Waals surface area contributed by atoms with E-state index in [-0.39, 0.29) is 19.3 Å². The molecule has 0 unspecified atom stereocenters. The van der Waals surface area contributed by atoms with E-state index in [0.29, 0.717) is 6.54 Å².